The number of methoxy groups -OCH3 is 1. The molecular formula is C11H14ClN3O3S2. The van der Waals surface area contributed by atoms with Crippen molar-refractivity contribution < 1.29 is 13.2 Å². The molecule has 1 saturated carbocycles. The van der Waals surface area contributed by atoms with Crippen LogP contribution in [0, 0.1) is 0 Å². The molecule has 0 radical (unpaired) electrons. The third-order valence-electron chi connectivity index (χ3n) is 3.20. The van der Waals surface area contributed by atoms with Crippen molar-refractivity contribution in [2.24, 2.45) is 0 Å². The molecule has 2 heterocycles. The molecule has 0 saturated heterocycles. The van der Waals surface area contributed by atoms with Gasteiger partial charge in [-0.05, 0) is 12.8 Å². The number of rotatable bonds is 6. The molecule has 2 aromatic heterocycles. The van der Waals surface area contributed by atoms with E-state index in [0.717, 1.165) is 12.8 Å². The summed E-state index contributed by atoms with van der Waals surface area (Å²) >= 11 is 7.39. The van der Waals surface area contributed by atoms with E-state index in [1.165, 1.54) is 20.0 Å². The van der Waals surface area contributed by atoms with Crippen molar-refractivity contribution in [3.63, 3.8) is 0 Å². The molecule has 0 aliphatic heterocycles. The summed E-state index contributed by atoms with van der Waals surface area (Å²) in [5, 5.41) is 1.87. The van der Waals surface area contributed by atoms with E-state index >= 15 is 0 Å². The van der Waals surface area contributed by atoms with Gasteiger partial charge < -0.3 is 4.74 Å². The molecule has 6 nitrogen and oxygen atoms in total. The van der Waals surface area contributed by atoms with Gasteiger partial charge in [-0.25, -0.2) is 13.4 Å². The van der Waals surface area contributed by atoms with E-state index in [0.29, 0.717) is 18.1 Å². The van der Waals surface area contributed by atoms with Crippen LogP contribution in [0.3, 0.4) is 0 Å². The Morgan fingerprint density at radius 1 is 1.60 bits per heavy atom. The number of aromatic nitrogens is 2. The summed E-state index contributed by atoms with van der Waals surface area (Å²) in [5.74, 6) is 0. The molecule has 1 aliphatic carbocycles. The van der Waals surface area contributed by atoms with Gasteiger partial charge in [0, 0.05) is 31.3 Å². The Morgan fingerprint density at radius 3 is 3.00 bits per heavy atom. The lowest BCUT2D eigenvalue weighted by atomic mass is 10.6. The first-order valence-corrected chi connectivity index (χ1v) is 8.87. The number of ether oxygens (including phenoxy) is 1. The monoisotopic (exact) mass is 335 g/mol. The number of fused-ring (bicyclic) bond motifs is 1. The molecule has 0 bridgehead atoms. The second-order valence-electron chi connectivity index (χ2n) is 4.60. The zero-order valence-corrected chi connectivity index (χ0v) is 13.2. The smallest absolute Gasteiger partial charge is 0.262 e. The maximum atomic E-state index is 12.8. The highest BCUT2D eigenvalue weighted by Gasteiger charge is 2.40. The Balaban J connectivity index is 2.05. The minimum Gasteiger partial charge on any atom is -0.383 e. The lowest BCUT2D eigenvalue weighted by molar-refractivity contribution is 0.177. The predicted octanol–water partition coefficient (Wildman–Crippen LogP) is 1.85. The topological polar surface area (TPSA) is 63.9 Å². The Bertz CT molecular complexity index is 720. The van der Waals surface area contributed by atoms with Gasteiger partial charge in [0.05, 0.1) is 6.61 Å². The maximum absolute atomic E-state index is 12.8. The molecule has 2 aromatic rings. The number of nitrogens with zero attached hydrogens (tertiary/aromatic N) is 3. The van der Waals surface area contributed by atoms with Crippen LogP contribution < -0.4 is 0 Å². The van der Waals surface area contributed by atoms with Crippen LogP contribution in [0.5, 0.6) is 0 Å². The van der Waals surface area contributed by atoms with E-state index in [1.54, 1.807) is 18.7 Å². The number of imidazole rings is 1. The molecular weight excluding hydrogens is 322 g/mol. The first kappa shape index (κ1) is 14.3. The lowest BCUT2D eigenvalue weighted by Crippen LogP contribution is -2.36. The van der Waals surface area contributed by atoms with Crippen LogP contribution in [-0.4, -0.2) is 48.4 Å². The van der Waals surface area contributed by atoms with Crippen molar-refractivity contribution in [3.8, 4) is 0 Å². The molecule has 9 heteroatoms. The molecule has 3 rings (SSSR count). The van der Waals surface area contributed by atoms with Gasteiger partial charge in [-0.3, -0.25) is 4.40 Å². The first-order chi connectivity index (χ1) is 9.55. The zero-order valence-electron chi connectivity index (χ0n) is 10.8. The Morgan fingerprint density at radius 2 is 2.35 bits per heavy atom. The average molecular weight is 336 g/mol. The summed E-state index contributed by atoms with van der Waals surface area (Å²) < 4.78 is 33.7. The van der Waals surface area contributed by atoms with Crippen LogP contribution in [0.4, 0.5) is 0 Å². The summed E-state index contributed by atoms with van der Waals surface area (Å²) in [5.41, 5.74) is 0. The van der Waals surface area contributed by atoms with Crippen molar-refractivity contribution in [2.45, 2.75) is 23.9 Å². The Labute approximate surface area is 126 Å². The fourth-order valence-electron chi connectivity index (χ4n) is 2.12. The third-order valence-corrected chi connectivity index (χ3v) is 6.31. The van der Waals surface area contributed by atoms with E-state index in [9.17, 15) is 8.42 Å². The Hall–Kier alpha value is -0.670. The van der Waals surface area contributed by atoms with Gasteiger partial charge in [0.2, 0.25) is 0 Å². The van der Waals surface area contributed by atoms with E-state index in [-0.39, 0.29) is 16.2 Å². The lowest BCUT2D eigenvalue weighted by Gasteiger charge is -2.21. The maximum Gasteiger partial charge on any atom is 0.262 e. The largest absolute Gasteiger partial charge is 0.383 e. The number of sulfonamides is 1. The molecule has 110 valence electrons. The van der Waals surface area contributed by atoms with Gasteiger partial charge in [0.15, 0.2) is 15.1 Å². The molecule has 1 fully saturated rings. The standard InChI is InChI=1S/C11H14ClN3O3S2/c1-18-6-4-15(8-2-3-8)20(16,17)10-9(12)13-11-14(10)5-7-19-11/h5,7-8H,2-4,6H2,1H3. The van der Waals surface area contributed by atoms with Gasteiger partial charge >= 0.3 is 0 Å². The number of hydrogen-bond donors (Lipinski definition) is 0. The summed E-state index contributed by atoms with van der Waals surface area (Å²) in [6.45, 7) is 0.691. The fourth-order valence-corrected chi connectivity index (χ4v) is 5.20. The van der Waals surface area contributed by atoms with E-state index in [4.69, 9.17) is 16.3 Å². The van der Waals surface area contributed by atoms with Gasteiger partial charge in [-0.2, -0.15) is 4.31 Å². The normalized spacial score (nSPS) is 16.4. The van der Waals surface area contributed by atoms with Crippen LogP contribution in [0.1, 0.15) is 12.8 Å². The molecule has 0 unspecified atom stereocenters. The van der Waals surface area contributed by atoms with Crippen molar-refractivity contribution in [3.05, 3.63) is 16.7 Å². The van der Waals surface area contributed by atoms with Gasteiger partial charge in [-0.1, -0.05) is 11.6 Å². The molecule has 1 aliphatic rings. The van der Waals surface area contributed by atoms with Gasteiger partial charge in [0.25, 0.3) is 10.0 Å². The summed E-state index contributed by atoms with van der Waals surface area (Å²) in [6, 6.07) is 0.0513. The van der Waals surface area contributed by atoms with E-state index < -0.39 is 10.0 Å². The van der Waals surface area contributed by atoms with Crippen molar-refractivity contribution in [2.75, 3.05) is 20.3 Å². The highest BCUT2D eigenvalue weighted by Crippen LogP contribution is 2.34. The summed E-state index contributed by atoms with van der Waals surface area (Å²) in [7, 11) is -2.11. The van der Waals surface area contributed by atoms with Crippen LogP contribution in [0.15, 0.2) is 16.6 Å². The summed E-state index contributed by atoms with van der Waals surface area (Å²) in [6.07, 6.45) is 3.44. The van der Waals surface area contributed by atoms with E-state index in [1.807, 2.05) is 0 Å². The number of halogens is 1. The van der Waals surface area contributed by atoms with Gasteiger partial charge in [0.1, 0.15) is 0 Å². The quantitative estimate of drug-likeness (QED) is 0.808. The summed E-state index contributed by atoms with van der Waals surface area (Å²) in [4.78, 5) is 4.67. The molecule has 0 spiro atoms. The van der Waals surface area contributed by atoms with Crippen LogP contribution in [-0.2, 0) is 14.8 Å². The fraction of sp³-hybridized carbons (Fsp3) is 0.545. The van der Waals surface area contributed by atoms with Crippen LogP contribution >= 0.6 is 22.9 Å². The second kappa shape index (κ2) is 5.27. The third kappa shape index (κ3) is 2.35. The van der Waals surface area contributed by atoms with Crippen LogP contribution in [0.2, 0.25) is 5.15 Å². The molecule has 0 amide bonds. The van der Waals surface area contributed by atoms with Crippen LogP contribution in [0.25, 0.3) is 4.96 Å². The zero-order chi connectivity index (χ0) is 14.3. The highest BCUT2D eigenvalue weighted by atomic mass is 35.5. The highest BCUT2D eigenvalue weighted by molar-refractivity contribution is 7.89. The SMILES string of the molecule is COCCN(C1CC1)S(=O)(=O)c1c(Cl)nc2sccn12. The minimum absolute atomic E-state index is 0.0277. The van der Waals surface area contributed by atoms with E-state index in [2.05, 4.69) is 4.98 Å². The second-order valence-corrected chi connectivity index (χ2v) is 7.64. The van der Waals surface area contributed by atoms with Crippen molar-refractivity contribution >= 4 is 37.9 Å². The predicted molar refractivity (Wildman–Crippen MR) is 76.9 cm³/mol. The molecule has 20 heavy (non-hydrogen) atoms. The molecule has 0 N–H and O–H groups in total. The minimum atomic E-state index is -3.67. The van der Waals surface area contributed by atoms with Gasteiger partial charge in [-0.15, -0.1) is 11.3 Å². The number of hydrogen-bond acceptors (Lipinski definition) is 5. The Kier molecular flexibility index (Phi) is 3.76. The molecule has 0 aromatic carbocycles. The molecule has 0 atom stereocenters. The average Bonchev–Trinajstić information content (AvgIpc) is 3.02. The first-order valence-electron chi connectivity index (χ1n) is 6.17. The number of thiazole rings is 1. The van der Waals surface area contributed by atoms with Crippen molar-refractivity contribution in [1.82, 2.24) is 13.7 Å². The van der Waals surface area contributed by atoms with Crippen molar-refractivity contribution in [1.29, 1.82) is 0 Å².